The Bertz CT molecular complexity index is 677. The summed E-state index contributed by atoms with van der Waals surface area (Å²) in [7, 11) is -4.25. The highest BCUT2D eigenvalue weighted by atomic mass is 35.5. The predicted octanol–water partition coefficient (Wildman–Crippen LogP) is 1.89. The van der Waals surface area contributed by atoms with E-state index in [1.807, 2.05) is 0 Å². The molecule has 0 radical (unpaired) electrons. The molecule has 1 aromatic rings. The maximum Gasteiger partial charge on any atom is 0.402 e. The highest BCUT2D eigenvalue weighted by Gasteiger charge is 2.30. The Morgan fingerprint density at radius 3 is 2.28 bits per heavy atom. The van der Waals surface area contributed by atoms with E-state index in [4.69, 9.17) is 0 Å². The number of amides is 1. The van der Waals surface area contributed by atoms with Crippen LogP contribution < -0.4 is 15.4 Å². The van der Waals surface area contributed by atoms with Crippen LogP contribution in [0.4, 0.5) is 18.9 Å². The van der Waals surface area contributed by atoms with Gasteiger partial charge >= 0.3 is 6.18 Å². The van der Waals surface area contributed by atoms with E-state index in [1.165, 1.54) is 29.7 Å². The van der Waals surface area contributed by atoms with Crippen molar-refractivity contribution in [3.63, 3.8) is 0 Å². The molecule has 11 heteroatoms. The first-order valence-corrected chi connectivity index (χ1v) is 8.81. The number of alkyl halides is 3. The predicted molar refractivity (Wildman–Crippen MR) is 89.2 cm³/mol. The molecule has 1 aliphatic carbocycles. The molecule has 0 unspecified atom stereocenters. The minimum atomic E-state index is -4.63. The van der Waals surface area contributed by atoms with Crippen molar-refractivity contribution in [2.24, 2.45) is 5.92 Å². The van der Waals surface area contributed by atoms with Crippen LogP contribution >= 0.6 is 12.4 Å². The van der Waals surface area contributed by atoms with Gasteiger partial charge in [0.2, 0.25) is 15.9 Å². The van der Waals surface area contributed by atoms with Crippen LogP contribution in [0.15, 0.2) is 29.2 Å². The SMILES string of the molecule is Cl.O=C(CNCC1CC1)Nc1ccc(S(=O)(=O)NCC(F)(F)F)cc1. The van der Waals surface area contributed by atoms with Gasteiger partial charge in [0.15, 0.2) is 0 Å². The molecule has 0 saturated heterocycles. The third kappa shape index (κ3) is 8.04. The summed E-state index contributed by atoms with van der Waals surface area (Å²) in [4.78, 5) is 11.4. The van der Waals surface area contributed by atoms with E-state index in [-0.39, 0.29) is 29.8 Å². The number of nitrogens with one attached hydrogen (secondary N) is 3. The molecule has 0 aliphatic heterocycles. The molecule has 2 rings (SSSR count). The Balaban J connectivity index is 0.00000312. The lowest BCUT2D eigenvalue weighted by atomic mass is 10.3. The van der Waals surface area contributed by atoms with E-state index in [1.54, 1.807) is 0 Å². The second-order valence-corrected chi connectivity index (χ2v) is 7.35. The van der Waals surface area contributed by atoms with E-state index in [0.717, 1.165) is 18.7 Å². The summed E-state index contributed by atoms with van der Waals surface area (Å²) in [6, 6.07) is 4.90. The van der Waals surface area contributed by atoms with E-state index < -0.39 is 22.7 Å². The molecule has 25 heavy (non-hydrogen) atoms. The quantitative estimate of drug-likeness (QED) is 0.620. The van der Waals surface area contributed by atoms with Gasteiger partial charge in [-0.2, -0.15) is 13.2 Å². The van der Waals surface area contributed by atoms with Crippen molar-refractivity contribution in [3.8, 4) is 0 Å². The topological polar surface area (TPSA) is 87.3 Å². The molecular weight excluding hydrogens is 383 g/mol. The van der Waals surface area contributed by atoms with Crippen molar-refractivity contribution < 1.29 is 26.4 Å². The number of carbonyl (C=O) groups excluding carboxylic acids is 1. The number of halogens is 4. The van der Waals surface area contributed by atoms with Gasteiger partial charge in [0.1, 0.15) is 6.54 Å². The van der Waals surface area contributed by atoms with Crippen molar-refractivity contribution in [2.75, 3.05) is 25.0 Å². The van der Waals surface area contributed by atoms with Gasteiger partial charge in [0, 0.05) is 5.69 Å². The van der Waals surface area contributed by atoms with Crippen molar-refractivity contribution in [3.05, 3.63) is 24.3 Å². The zero-order valence-corrected chi connectivity index (χ0v) is 14.7. The number of hydrogen-bond donors (Lipinski definition) is 3. The Morgan fingerprint density at radius 1 is 1.16 bits per heavy atom. The number of hydrogen-bond acceptors (Lipinski definition) is 4. The summed E-state index contributed by atoms with van der Waals surface area (Å²) in [6.07, 6.45) is -2.28. The Morgan fingerprint density at radius 2 is 1.76 bits per heavy atom. The Hall–Kier alpha value is -1.36. The first kappa shape index (κ1) is 21.7. The molecule has 1 aromatic carbocycles. The fraction of sp³-hybridized carbons (Fsp3) is 0.500. The van der Waals surface area contributed by atoms with E-state index >= 15 is 0 Å². The highest BCUT2D eigenvalue weighted by molar-refractivity contribution is 7.89. The molecule has 142 valence electrons. The van der Waals surface area contributed by atoms with Gasteiger partial charge in [-0.25, -0.2) is 13.1 Å². The molecule has 3 N–H and O–H groups in total. The monoisotopic (exact) mass is 401 g/mol. The van der Waals surface area contributed by atoms with Crippen molar-refractivity contribution in [2.45, 2.75) is 23.9 Å². The van der Waals surface area contributed by atoms with Crippen LogP contribution in [-0.2, 0) is 14.8 Å². The summed E-state index contributed by atoms with van der Waals surface area (Å²) in [5.74, 6) is 0.368. The first-order chi connectivity index (χ1) is 11.2. The summed E-state index contributed by atoms with van der Waals surface area (Å²) >= 11 is 0. The molecule has 0 bridgehead atoms. The number of benzene rings is 1. The minimum Gasteiger partial charge on any atom is -0.325 e. The molecule has 0 atom stereocenters. The van der Waals surface area contributed by atoms with Crippen molar-refractivity contribution in [1.82, 2.24) is 10.0 Å². The normalized spacial score (nSPS) is 14.7. The fourth-order valence-electron chi connectivity index (χ4n) is 1.89. The molecule has 0 spiro atoms. The Kier molecular flexibility index (Phi) is 7.66. The molecule has 1 aliphatic rings. The van der Waals surface area contributed by atoms with E-state index in [0.29, 0.717) is 11.6 Å². The molecule has 1 amide bonds. The summed E-state index contributed by atoms with van der Waals surface area (Å²) in [5.41, 5.74) is 0.364. The van der Waals surface area contributed by atoms with Crippen LogP contribution in [0, 0.1) is 5.92 Å². The van der Waals surface area contributed by atoms with Crippen LogP contribution in [0.2, 0.25) is 0 Å². The lowest BCUT2D eigenvalue weighted by Crippen LogP contribution is -2.33. The van der Waals surface area contributed by atoms with Gasteiger partial charge in [-0.3, -0.25) is 4.79 Å². The van der Waals surface area contributed by atoms with Crippen molar-refractivity contribution >= 4 is 34.0 Å². The van der Waals surface area contributed by atoms with Crippen molar-refractivity contribution in [1.29, 1.82) is 0 Å². The number of rotatable bonds is 8. The van der Waals surface area contributed by atoms with E-state index in [2.05, 4.69) is 10.6 Å². The number of anilines is 1. The zero-order valence-electron chi connectivity index (χ0n) is 13.1. The highest BCUT2D eigenvalue weighted by Crippen LogP contribution is 2.27. The third-order valence-corrected chi connectivity index (χ3v) is 4.74. The van der Waals surface area contributed by atoms with Crippen LogP contribution in [0.3, 0.4) is 0 Å². The van der Waals surface area contributed by atoms with Crippen LogP contribution in [0.1, 0.15) is 12.8 Å². The molecule has 1 fully saturated rings. The largest absolute Gasteiger partial charge is 0.402 e. The smallest absolute Gasteiger partial charge is 0.325 e. The van der Waals surface area contributed by atoms with Crippen LogP contribution in [0.25, 0.3) is 0 Å². The summed E-state index contributed by atoms with van der Waals surface area (Å²) in [5, 5.41) is 5.58. The second-order valence-electron chi connectivity index (χ2n) is 5.59. The molecule has 6 nitrogen and oxygen atoms in total. The van der Waals surface area contributed by atoms with E-state index in [9.17, 15) is 26.4 Å². The fourth-order valence-corrected chi connectivity index (χ4v) is 2.91. The standard InChI is InChI=1S/C14H18F3N3O3S.ClH/c15-14(16,17)9-19-24(22,23)12-5-3-11(4-6-12)20-13(21)8-18-7-10-1-2-10;/h3-6,10,18-19H,1-2,7-9H2,(H,20,21);1H. The maximum absolute atomic E-state index is 12.1. The van der Waals surface area contributed by atoms with Crippen LogP contribution in [0.5, 0.6) is 0 Å². The lowest BCUT2D eigenvalue weighted by molar-refractivity contribution is -0.121. The Labute approximate surface area is 150 Å². The maximum atomic E-state index is 12.1. The molecule has 1 saturated carbocycles. The average molecular weight is 402 g/mol. The average Bonchev–Trinajstić information content (AvgIpc) is 3.29. The molecule has 0 heterocycles. The molecule has 0 aromatic heterocycles. The van der Waals surface area contributed by atoms with Gasteiger partial charge < -0.3 is 10.6 Å². The second kappa shape index (κ2) is 8.84. The van der Waals surface area contributed by atoms with Gasteiger partial charge in [-0.1, -0.05) is 0 Å². The van der Waals surface area contributed by atoms with Gasteiger partial charge in [0.05, 0.1) is 11.4 Å². The summed E-state index contributed by atoms with van der Waals surface area (Å²) in [6.45, 7) is -0.709. The molecular formula is C14H19ClF3N3O3S. The van der Waals surface area contributed by atoms with Gasteiger partial charge in [-0.05, 0) is 49.6 Å². The van der Waals surface area contributed by atoms with Crippen LogP contribution in [-0.4, -0.2) is 40.1 Å². The minimum absolute atomic E-state index is 0. The van der Waals surface area contributed by atoms with Gasteiger partial charge in [-0.15, -0.1) is 12.4 Å². The lowest BCUT2D eigenvalue weighted by Gasteiger charge is -2.10. The third-order valence-electron chi connectivity index (χ3n) is 3.33. The zero-order chi connectivity index (χ0) is 17.8. The summed E-state index contributed by atoms with van der Waals surface area (Å²) < 4.78 is 61.2. The first-order valence-electron chi connectivity index (χ1n) is 7.33. The number of carbonyl (C=O) groups is 1. The number of sulfonamides is 1. The van der Waals surface area contributed by atoms with Gasteiger partial charge in [0.25, 0.3) is 0 Å².